The van der Waals surface area contributed by atoms with Gasteiger partial charge in [0.25, 0.3) is 0 Å². The molecule has 0 aliphatic heterocycles. The van der Waals surface area contributed by atoms with Crippen LogP contribution in [0, 0.1) is 6.92 Å². The number of carbonyl (C=O) groups excluding carboxylic acids is 1. The molecule has 1 aliphatic rings. The molecule has 0 bridgehead atoms. The third-order valence-corrected chi connectivity index (χ3v) is 6.12. The molecule has 3 rings (SSSR count). The summed E-state index contributed by atoms with van der Waals surface area (Å²) >= 11 is 5.02. The monoisotopic (exact) mass is 407 g/mol. The van der Waals surface area contributed by atoms with Crippen LogP contribution in [0.3, 0.4) is 0 Å². The van der Waals surface area contributed by atoms with Crippen molar-refractivity contribution in [1.29, 1.82) is 0 Å². The zero-order valence-corrected chi connectivity index (χ0v) is 16.4. The van der Waals surface area contributed by atoms with Crippen LogP contribution in [0.1, 0.15) is 42.3 Å². The number of aromatic nitrogens is 1. The maximum Gasteiger partial charge on any atom is 0.240 e. The smallest absolute Gasteiger partial charge is 0.240 e. The lowest BCUT2D eigenvalue weighted by Gasteiger charge is -2.43. The highest BCUT2D eigenvalue weighted by atomic mass is 79.9. The number of benzene rings is 1. The normalized spacial score (nSPS) is 15.8. The van der Waals surface area contributed by atoms with Gasteiger partial charge in [-0.2, -0.15) is 0 Å². The van der Waals surface area contributed by atoms with Gasteiger partial charge in [-0.3, -0.25) is 10.1 Å². The fraction of sp³-hybridized carbons (Fsp3) is 0.444. The number of carbonyl (C=O) groups is 1. The SMILES string of the molecule is CCc1nc(NC(=O)CNC2(c3ccc(Br)cc3)CCC2)sc1C. The Morgan fingerprint density at radius 1 is 1.33 bits per heavy atom. The summed E-state index contributed by atoms with van der Waals surface area (Å²) in [7, 11) is 0. The second-order valence-electron chi connectivity index (χ2n) is 6.22. The fourth-order valence-corrected chi connectivity index (χ4v) is 4.27. The van der Waals surface area contributed by atoms with Crippen LogP contribution in [0.25, 0.3) is 0 Å². The lowest BCUT2D eigenvalue weighted by Crippen LogP contribution is -2.50. The molecule has 0 radical (unpaired) electrons. The summed E-state index contributed by atoms with van der Waals surface area (Å²) in [6.07, 6.45) is 4.22. The largest absolute Gasteiger partial charge is 0.301 e. The van der Waals surface area contributed by atoms with Crippen LogP contribution in [-0.2, 0) is 16.8 Å². The molecule has 0 saturated heterocycles. The summed E-state index contributed by atoms with van der Waals surface area (Å²) < 4.78 is 1.07. The minimum absolute atomic E-state index is 0.0326. The molecule has 0 unspecified atom stereocenters. The Kier molecular flexibility index (Phi) is 5.37. The zero-order valence-electron chi connectivity index (χ0n) is 14.0. The van der Waals surface area contributed by atoms with Crippen LogP contribution < -0.4 is 10.6 Å². The summed E-state index contributed by atoms with van der Waals surface area (Å²) in [5.74, 6) is -0.0326. The summed E-state index contributed by atoms with van der Waals surface area (Å²) in [5.41, 5.74) is 2.25. The van der Waals surface area contributed by atoms with Gasteiger partial charge in [-0.15, -0.1) is 11.3 Å². The number of hydrogen-bond acceptors (Lipinski definition) is 4. The number of aryl methyl sites for hydroxylation is 2. The molecule has 1 heterocycles. The maximum absolute atomic E-state index is 12.3. The Bertz CT molecular complexity index is 722. The van der Waals surface area contributed by atoms with E-state index in [2.05, 4.69) is 62.7 Å². The number of amides is 1. The van der Waals surface area contributed by atoms with Crippen LogP contribution in [0.2, 0.25) is 0 Å². The minimum atomic E-state index is -0.0641. The van der Waals surface area contributed by atoms with E-state index < -0.39 is 0 Å². The van der Waals surface area contributed by atoms with E-state index in [1.807, 2.05) is 6.92 Å². The van der Waals surface area contributed by atoms with E-state index in [1.54, 1.807) is 11.3 Å². The number of hydrogen-bond donors (Lipinski definition) is 2. The van der Waals surface area contributed by atoms with Gasteiger partial charge < -0.3 is 5.32 Å². The minimum Gasteiger partial charge on any atom is -0.301 e. The molecule has 1 aliphatic carbocycles. The Balaban J connectivity index is 1.61. The van der Waals surface area contributed by atoms with Crippen molar-refractivity contribution in [3.05, 3.63) is 44.9 Å². The average Bonchev–Trinajstić information content (AvgIpc) is 2.87. The van der Waals surface area contributed by atoms with Crippen LogP contribution in [-0.4, -0.2) is 17.4 Å². The van der Waals surface area contributed by atoms with Crippen molar-refractivity contribution in [2.24, 2.45) is 0 Å². The van der Waals surface area contributed by atoms with Gasteiger partial charge in [-0.25, -0.2) is 4.98 Å². The Morgan fingerprint density at radius 3 is 2.58 bits per heavy atom. The first-order chi connectivity index (χ1) is 11.5. The number of rotatable bonds is 6. The number of nitrogens with zero attached hydrogens (tertiary/aromatic N) is 1. The summed E-state index contributed by atoms with van der Waals surface area (Å²) in [5, 5.41) is 7.09. The van der Waals surface area contributed by atoms with Crippen LogP contribution >= 0.6 is 27.3 Å². The van der Waals surface area contributed by atoms with E-state index in [0.717, 1.165) is 29.4 Å². The molecule has 1 aromatic carbocycles. The van der Waals surface area contributed by atoms with Gasteiger partial charge in [0.2, 0.25) is 5.91 Å². The molecule has 1 fully saturated rings. The van der Waals surface area contributed by atoms with Gasteiger partial charge >= 0.3 is 0 Å². The van der Waals surface area contributed by atoms with Gasteiger partial charge in [0.05, 0.1) is 12.2 Å². The Labute approximate surface area is 155 Å². The van der Waals surface area contributed by atoms with E-state index in [9.17, 15) is 4.79 Å². The van der Waals surface area contributed by atoms with Crippen molar-refractivity contribution < 1.29 is 4.79 Å². The number of anilines is 1. The molecule has 24 heavy (non-hydrogen) atoms. The number of thiazole rings is 1. The second-order valence-corrected chi connectivity index (χ2v) is 8.34. The molecule has 1 aromatic heterocycles. The maximum atomic E-state index is 12.3. The van der Waals surface area contributed by atoms with Crippen molar-refractivity contribution in [3.63, 3.8) is 0 Å². The highest BCUT2D eigenvalue weighted by Gasteiger charge is 2.38. The summed E-state index contributed by atoms with van der Waals surface area (Å²) in [6, 6.07) is 8.38. The molecule has 1 amide bonds. The van der Waals surface area contributed by atoms with Crippen LogP contribution in [0.15, 0.2) is 28.7 Å². The third-order valence-electron chi connectivity index (χ3n) is 4.67. The highest BCUT2D eigenvalue weighted by Crippen LogP contribution is 2.41. The lowest BCUT2D eigenvalue weighted by atomic mass is 9.72. The predicted molar refractivity (Wildman–Crippen MR) is 103 cm³/mol. The predicted octanol–water partition coefficient (Wildman–Crippen LogP) is 4.38. The molecule has 4 nitrogen and oxygen atoms in total. The quantitative estimate of drug-likeness (QED) is 0.746. The van der Waals surface area contributed by atoms with Gasteiger partial charge in [-0.05, 0) is 50.3 Å². The fourth-order valence-electron chi connectivity index (χ4n) is 3.09. The van der Waals surface area contributed by atoms with E-state index in [1.165, 1.54) is 16.9 Å². The van der Waals surface area contributed by atoms with Gasteiger partial charge in [0.1, 0.15) is 0 Å². The molecular formula is C18H22BrN3OS. The van der Waals surface area contributed by atoms with Crippen molar-refractivity contribution in [2.75, 3.05) is 11.9 Å². The number of halogens is 1. The van der Waals surface area contributed by atoms with E-state index in [4.69, 9.17) is 0 Å². The summed E-state index contributed by atoms with van der Waals surface area (Å²) in [4.78, 5) is 17.9. The first kappa shape index (κ1) is 17.6. The first-order valence-electron chi connectivity index (χ1n) is 8.29. The topological polar surface area (TPSA) is 54.0 Å². The van der Waals surface area contributed by atoms with E-state index in [-0.39, 0.29) is 11.4 Å². The van der Waals surface area contributed by atoms with Crippen molar-refractivity contribution in [3.8, 4) is 0 Å². The van der Waals surface area contributed by atoms with Crippen LogP contribution in [0.5, 0.6) is 0 Å². The van der Waals surface area contributed by atoms with Gasteiger partial charge in [-0.1, -0.05) is 35.0 Å². The zero-order chi connectivity index (χ0) is 17.2. The van der Waals surface area contributed by atoms with E-state index >= 15 is 0 Å². The Hall–Kier alpha value is -1.24. The van der Waals surface area contributed by atoms with E-state index in [0.29, 0.717) is 11.7 Å². The summed E-state index contributed by atoms with van der Waals surface area (Å²) in [6.45, 7) is 4.42. The molecular weight excluding hydrogens is 386 g/mol. The van der Waals surface area contributed by atoms with Gasteiger partial charge in [0.15, 0.2) is 5.13 Å². The van der Waals surface area contributed by atoms with Crippen molar-refractivity contribution >= 4 is 38.3 Å². The molecule has 0 spiro atoms. The lowest BCUT2D eigenvalue weighted by molar-refractivity contribution is -0.116. The van der Waals surface area contributed by atoms with Crippen LogP contribution in [0.4, 0.5) is 5.13 Å². The molecule has 128 valence electrons. The van der Waals surface area contributed by atoms with Crippen molar-refractivity contribution in [2.45, 2.75) is 45.1 Å². The Morgan fingerprint density at radius 2 is 2.04 bits per heavy atom. The molecule has 6 heteroatoms. The molecule has 1 saturated carbocycles. The highest BCUT2D eigenvalue weighted by molar-refractivity contribution is 9.10. The number of nitrogens with one attached hydrogen (secondary N) is 2. The first-order valence-corrected chi connectivity index (χ1v) is 9.90. The van der Waals surface area contributed by atoms with Gasteiger partial charge in [0, 0.05) is 14.9 Å². The molecule has 0 atom stereocenters. The molecule has 2 aromatic rings. The second kappa shape index (κ2) is 7.33. The van der Waals surface area contributed by atoms with Crippen molar-refractivity contribution in [1.82, 2.24) is 10.3 Å². The molecule has 2 N–H and O–H groups in total. The average molecular weight is 408 g/mol. The standard InChI is InChI=1S/C18H22BrN3OS/c1-3-15-12(2)24-17(21-15)22-16(23)11-20-18(9-4-10-18)13-5-7-14(19)8-6-13/h5-8,20H,3-4,9-11H2,1-2H3,(H,21,22,23). The third kappa shape index (κ3) is 3.71.